The first-order valence-electron chi connectivity index (χ1n) is 10.8. The molecule has 11 heteroatoms. The van der Waals surface area contributed by atoms with Crippen molar-refractivity contribution >= 4 is 57.2 Å². The van der Waals surface area contributed by atoms with Gasteiger partial charge >= 0.3 is 0 Å². The summed E-state index contributed by atoms with van der Waals surface area (Å²) in [7, 11) is 0. The van der Waals surface area contributed by atoms with E-state index in [1.807, 2.05) is 36.4 Å². The number of amides is 1. The number of hydrogen-bond acceptors (Lipinski definition) is 5. The number of carbonyl (C=O) groups excluding carboxylic acids is 1. The number of fused-ring (bicyclic) bond motifs is 3. The molecule has 1 amide bonds. The molecule has 1 fully saturated rings. The molecule has 2 atom stereocenters. The minimum absolute atomic E-state index is 0.0379. The molecule has 1 aliphatic rings. The van der Waals surface area contributed by atoms with Gasteiger partial charge in [-0.2, -0.15) is 5.10 Å². The molecule has 35 heavy (non-hydrogen) atoms. The Labute approximate surface area is 208 Å². The average molecular weight is 505 g/mol. The van der Waals surface area contributed by atoms with Crippen LogP contribution in [-0.4, -0.2) is 35.6 Å². The van der Waals surface area contributed by atoms with Crippen LogP contribution in [0.2, 0.25) is 0 Å². The van der Waals surface area contributed by atoms with Crippen LogP contribution in [0.3, 0.4) is 0 Å². The second kappa shape index (κ2) is 8.03. The lowest BCUT2D eigenvalue weighted by molar-refractivity contribution is -0.384. The number of non-ortho nitro benzene ring substituents is 1. The van der Waals surface area contributed by atoms with Crippen molar-refractivity contribution in [3.8, 4) is 0 Å². The lowest BCUT2D eigenvalue weighted by atomic mass is 9.95. The summed E-state index contributed by atoms with van der Waals surface area (Å²) in [4.78, 5) is 23.5. The number of nitrogens with one attached hydrogen (secondary N) is 1. The maximum absolute atomic E-state index is 12.9. The van der Waals surface area contributed by atoms with Crippen molar-refractivity contribution in [1.29, 1.82) is 0 Å². The standard InChI is InChI=1S/C24H17ClN6O3S/c25-21-22(14-9-11-15(12-10-14)31(33)34)30(23(21)32)29-20(26-27-24(29)35)13-28-18-7-3-1-5-16(18)17-6-2-4-8-19(17)28/h1-12,21-22H,13H2,(H,27,35). The highest BCUT2D eigenvalue weighted by Crippen LogP contribution is 2.38. The first kappa shape index (κ1) is 21.5. The summed E-state index contributed by atoms with van der Waals surface area (Å²) in [6.45, 7) is 0.352. The number of β-lactam (4-membered cyclic amide) rings is 1. The van der Waals surface area contributed by atoms with Crippen molar-refractivity contribution < 1.29 is 9.72 Å². The first-order chi connectivity index (χ1) is 17.0. The zero-order valence-electron chi connectivity index (χ0n) is 18.0. The van der Waals surface area contributed by atoms with E-state index in [0.29, 0.717) is 17.9 Å². The Morgan fingerprint density at radius 3 is 2.20 bits per heavy atom. The number of H-pyrrole nitrogens is 1. The predicted molar refractivity (Wildman–Crippen MR) is 135 cm³/mol. The van der Waals surface area contributed by atoms with Gasteiger partial charge in [0.25, 0.3) is 11.6 Å². The number of halogens is 1. The Hall–Kier alpha value is -4.02. The summed E-state index contributed by atoms with van der Waals surface area (Å²) in [6.07, 6.45) is 0. The molecule has 0 aliphatic carbocycles. The Kier molecular flexibility index (Phi) is 4.94. The van der Waals surface area contributed by atoms with Gasteiger partial charge in [-0.15, -0.1) is 11.6 Å². The van der Waals surface area contributed by atoms with Crippen molar-refractivity contribution in [1.82, 2.24) is 19.4 Å². The van der Waals surface area contributed by atoms with Gasteiger partial charge in [-0.05, 0) is 42.0 Å². The third kappa shape index (κ3) is 3.25. The quantitative estimate of drug-likeness (QED) is 0.121. The lowest BCUT2D eigenvalue weighted by Gasteiger charge is -2.44. The fourth-order valence-corrected chi connectivity index (χ4v) is 5.32. The maximum atomic E-state index is 12.9. The van der Waals surface area contributed by atoms with Crippen LogP contribution >= 0.6 is 23.8 Å². The van der Waals surface area contributed by atoms with E-state index in [1.54, 1.807) is 16.8 Å². The fourth-order valence-electron chi connectivity index (χ4n) is 4.73. The Morgan fingerprint density at radius 2 is 1.60 bits per heavy atom. The zero-order valence-corrected chi connectivity index (χ0v) is 19.6. The number of carbonyl (C=O) groups is 1. The SMILES string of the molecule is O=C1C(Cl)C(c2ccc([N+](=O)[O-])cc2)N1n1c(Cn2c3ccccc3c3ccccc32)n[nH]c1=S. The highest BCUT2D eigenvalue weighted by molar-refractivity contribution is 7.71. The molecule has 1 aliphatic heterocycles. The number of hydrogen-bond donors (Lipinski definition) is 1. The van der Waals surface area contributed by atoms with Crippen molar-refractivity contribution in [2.75, 3.05) is 5.01 Å². The van der Waals surface area contributed by atoms with Crippen LogP contribution in [0, 0.1) is 14.9 Å². The number of nitrogens with zero attached hydrogens (tertiary/aromatic N) is 5. The van der Waals surface area contributed by atoms with Crippen molar-refractivity contribution in [3.63, 3.8) is 0 Å². The third-order valence-corrected chi connectivity index (χ3v) is 7.05. The number of alkyl halides is 1. The molecule has 0 saturated carbocycles. The fraction of sp³-hybridized carbons (Fsp3) is 0.125. The predicted octanol–water partition coefficient (Wildman–Crippen LogP) is 4.83. The van der Waals surface area contributed by atoms with E-state index < -0.39 is 16.3 Å². The molecule has 0 bridgehead atoms. The topological polar surface area (TPSA) is 102 Å². The van der Waals surface area contributed by atoms with Crippen LogP contribution in [0.5, 0.6) is 0 Å². The summed E-state index contributed by atoms with van der Waals surface area (Å²) in [5, 5.41) is 21.2. The summed E-state index contributed by atoms with van der Waals surface area (Å²) in [6, 6.07) is 21.7. The smallest absolute Gasteiger partial charge is 0.269 e. The molecular formula is C24H17ClN6O3S. The zero-order chi connectivity index (χ0) is 24.3. The summed E-state index contributed by atoms with van der Waals surface area (Å²) in [5.41, 5.74) is 2.70. The van der Waals surface area contributed by atoms with Crippen LogP contribution in [0.4, 0.5) is 5.69 Å². The lowest BCUT2D eigenvalue weighted by Crippen LogP contribution is -2.62. The molecule has 6 rings (SSSR count). The highest BCUT2D eigenvalue weighted by atomic mass is 35.5. The van der Waals surface area contributed by atoms with E-state index in [2.05, 4.69) is 26.9 Å². The van der Waals surface area contributed by atoms with E-state index in [0.717, 1.165) is 21.8 Å². The van der Waals surface area contributed by atoms with Crippen LogP contribution in [-0.2, 0) is 11.3 Å². The summed E-state index contributed by atoms with van der Waals surface area (Å²) >= 11 is 11.9. The van der Waals surface area contributed by atoms with Crippen molar-refractivity contribution in [2.24, 2.45) is 0 Å². The number of nitro benzene ring substituents is 1. The van der Waals surface area contributed by atoms with Crippen LogP contribution in [0.1, 0.15) is 17.4 Å². The van der Waals surface area contributed by atoms with E-state index in [1.165, 1.54) is 17.1 Å². The molecule has 0 spiro atoms. The summed E-state index contributed by atoms with van der Waals surface area (Å²) in [5.74, 6) is 0.210. The van der Waals surface area contributed by atoms with E-state index in [4.69, 9.17) is 23.8 Å². The van der Waals surface area contributed by atoms with Crippen LogP contribution < -0.4 is 5.01 Å². The van der Waals surface area contributed by atoms with Gasteiger partial charge in [0.15, 0.2) is 5.82 Å². The molecule has 9 nitrogen and oxygen atoms in total. The third-order valence-electron chi connectivity index (χ3n) is 6.36. The van der Waals surface area contributed by atoms with E-state index >= 15 is 0 Å². The molecule has 2 aromatic heterocycles. The molecule has 3 heterocycles. The van der Waals surface area contributed by atoms with Gasteiger partial charge in [-0.25, -0.2) is 9.69 Å². The van der Waals surface area contributed by atoms with Gasteiger partial charge in [0, 0.05) is 33.9 Å². The van der Waals surface area contributed by atoms with Crippen LogP contribution in [0.25, 0.3) is 21.8 Å². The molecule has 2 unspecified atom stereocenters. The number of benzene rings is 3. The molecule has 5 aromatic rings. The van der Waals surface area contributed by atoms with Gasteiger partial charge in [0.05, 0.1) is 11.5 Å². The average Bonchev–Trinajstić information content (AvgIpc) is 3.39. The Morgan fingerprint density at radius 1 is 1.00 bits per heavy atom. The number of rotatable bonds is 5. The van der Waals surface area contributed by atoms with Gasteiger partial charge in [0.2, 0.25) is 4.77 Å². The monoisotopic (exact) mass is 504 g/mol. The molecule has 1 N–H and O–H groups in total. The van der Waals surface area contributed by atoms with Gasteiger partial charge in [-0.1, -0.05) is 36.4 Å². The number of aromatic nitrogens is 4. The largest absolute Gasteiger partial charge is 0.333 e. The molecule has 174 valence electrons. The Bertz CT molecular complexity index is 1640. The second-order valence-electron chi connectivity index (χ2n) is 8.26. The summed E-state index contributed by atoms with van der Waals surface area (Å²) < 4.78 is 3.96. The minimum atomic E-state index is -0.825. The van der Waals surface area contributed by atoms with Crippen LogP contribution in [0.15, 0.2) is 72.8 Å². The molecule has 3 aromatic carbocycles. The van der Waals surface area contributed by atoms with E-state index in [-0.39, 0.29) is 16.4 Å². The van der Waals surface area contributed by atoms with Crippen molar-refractivity contribution in [2.45, 2.75) is 18.0 Å². The number of para-hydroxylation sites is 2. The highest BCUT2D eigenvalue weighted by Gasteiger charge is 2.49. The van der Waals surface area contributed by atoms with Gasteiger partial charge in [-0.3, -0.25) is 20.0 Å². The maximum Gasteiger partial charge on any atom is 0.269 e. The van der Waals surface area contributed by atoms with Gasteiger partial charge in [0.1, 0.15) is 11.4 Å². The molecule has 0 radical (unpaired) electrons. The minimum Gasteiger partial charge on any atom is -0.333 e. The first-order valence-corrected chi connectivity index (χ1v) is 11.6. The van der Waals surface area contributed by atoms with Gasteiger partial charge < -0.3 is 4.57 Å². The normalized spacial score (nSPS) is 17.7. The van der Waals surface area contributed by atoms with Crippen molar-refractivity contribution in [3.05, 3.63) is 99.1 Å². The Balaban J connectivity index is 1.44. The van der Waals surface area contributed by atoms with E-state index in [9.17, 15) is 14.9 Å². The second-order valence-corrected chi connectivity index (χ2v) is 9.11. The molecular weight excluding hydrogens is 488 g/mol. The molecule has 1 saturated heterocycles. The number of aromatic amines is 1. The number of nitro groups is 1.